The molecule has 8 heteroatoms. The minimum Gasteiger partial charge on any atom is -0.325 e. The second kappa shape index (κ2) is 7.23. The molecule has 5 rings (SSSR count). The number of fused-ring (bicyclic) bond motifs is 2. The summed E-state index contributed by atoms with van der Waals surface area (Å²) in [6, 6.07) is 17.3. The van der Waals surface area contributed by atoms with Crippen LogP contribution in [0.4, 0.5) is 5.69 Å². The number of thiophene rings is 1. The summed E-state index contributed by atoms with van der Waals surface area (Å²) in [5.41, 5.74) is 2.43. The van der Waals surface area contributed by atoms with Gasteiger partial charge >= 0.3 is 0 Å². The van der Waals surface area contributed by atoms with Gasteiger partial charge in [-0.25, -0.2) is 9.97 Å². The Morgan fingerprint density at radius 1 is 1.07 bits per heavy atom. The van der Waals surface area contributed by atoms with Gasteiger partial charge in [0.1, 0.15) is 16.4 Å². The summed E-state index contributed by atoms with van der Waals surface area (Å²) in [4.78, 5) is 34.3. The molecule has 6 nitrogen and oxygen atoms in total. The first-order chi connectivity index (χ1) is 14.2. The summed E-state index contributed by atoms with van der Waals surface area (Å²) in [5.74, 6) is -0.281. The maximum absolute atomic E-state index is 12.4. The van der Waals surface area contributed by atoms with Crippen LogP contribution in [0.3, 0.4) is 0 Å². The lowest BCUT2D eigenvalue weighted by atomic mass is 10.2. The number of carbonyl (C=O) groups is 1. The maximum atomic E-state index is 12.4. The molecule has 0 saturated heterocycles. The Morgan fingerprint density at radius 2 is 1.90 bits per heavy atom. The van der Waals surface area contributed by atoms with Gasteiger partial charge in [-0.1, -0.05) is 12.1 Å². The van der Waals surface area contributed by atoms with Gasteiger partial charge in [0.05, 0.1) is 21.9 Å². The zero-order valence-electron chi connectivity index (χ0n) is 15.0. The van der Waals surface area contributed by atoms with Crippen LogP contribution in [0.1, 0.15) is 0 Å². The van der Waals surface area contributed by atoms with Crippen LogP contribution in [0, 0.1) is 0 Å². The molecule has 2 aromatic carbocycles. The van der Waals surface area contributed by atoms with E-state index >= 15 is 0 Å². The Kier molecular flexibility index (Phi) is 4.42. The number of nitrogens with zero attached hydrogens (tertiary/aromatic N) is 3. The average molecular weight is 419 g/mol. The Balaban J connectivity index is 1.31. The molecule has 0 saturated carbocycles. The van der Waals surface area contributed by atoms with Crippen molar-refractivity contribution in [3.8, 4) is 10.6 Å². The SMILES string of the molecule is O=C(Cn1cnc2sccc2c1=O)Nc1ccc(-c2nc3ccccc3s2)cc1. The van der Waals surface area contributed by atoms with E-state index in [9.17, 15) is 9.59 Å². The molecular weight excluding hydrogens is 404 g/mol. The third-order valence-corrected chi connectivity index (χ3v) is 6.38. The van der Waals surface area contributed by atoms with Crippen molar-refractivity contribution < 1.29 is 4.79 Å². The first-order valence-electron chi connectivity index (χ1n) is 8.86. The van der Waals surface area contributed by atoms with Gasteiger partial charge in [-0.2, -0.15) is 0 Å². The van der Waals surface area contributed by atoms with Crippen molar-refractivity contribution in [3.05, 3.63) is 76.7 Å². The van der Waals surface area contributed by atoms with Gasteiger partial charge in [0.15, 0.2) is 0 Å². The number of hydrogen-bond donors (Lipinski definition) is 1. The van der Waals surface area contributed by atoms with E-state index in [4.69, 9.17) is 0 Å². The van der Waals surface area contributed by atoms with Crippen molar-refractivity contribution in [2.24, 2.45) is 0 Å². The molecule has 0 spiro atoms. The molecular formula is C21H14N4O2S2. The summed E-state index contributed by atoms with van der Waals surface area (Å²) in [5, 5.41) is 6.11. The molecule has 1 amide bonds. The van der Waals surface area contributed by atoms with Crippen molar-refractivity contribution in [1.29, 1.82) is 0 Å². The second-order valence-electron chi connectivity index (χ2n) is 6.43. The van der Waals surface area contributed by atoms with E-state index in [-0.39, 0.29) is 18.0 Å². The summed E-state index contributed by atoms with van der Waals surface area (Å²) < 4.78 is 2.46. The molecule has 0 unspecified atom stereocenters. The van der Waals surface area contributed by atoms with Crippen LogP contribution in [0.25, 0.3) is 31.0 Å². The van der Waals surface area contributed by atoms with Crippen LogP contribution < -0.4 is 10.9 Å². The van der Waals surface area contributed by atoms with E-state index in [0.717, 1.165) is 20.8 Å². The third-order valence-electron chi connectivity index (χ3n) is 4.47. The van der Waals surface area contributed by atoms with Gasteiger partial charge in [-0.05, 0) is 47.8 Å². The fourth-order valence-electron chi connectivity index (χ4n) is 3.05. The fraction of sp³-hybridized carbons (Fsp3) is 0.0476. The maximum Gasteiger partial charge on any atom is 0.262 e. The molecule has 0 fully saturated rings. The van der Waals surface area contributed by atoms with E-state index in [2.05, 4.69) is 21.4 Å². The van der Waals surface area contributed by atoms with Crippen LogP contribution in [0.2, 0.25) is 0 Å². The lowest BCUT2D eigenvalue weighted by molar-refractivity contribution is -0.116. The Hall–Kier alpha value is -3.36. The normalized spacial score (nSPS) is 11.2. The van der Waals surface area contributed by atoms with Gasteiger partial charge in [0.2, 0.25) is 5.91 Å². The van der Waals surface area contributed by atoms with Crippen LogP contribution >= 0.6 is 22.7 Å². The first kappa shape index (κ1) is 17.7. The first-order valence-corrected chi connectivity index (χ1v) is 10.6. The van der Waals surface area contributed by atoms with Gasteiger partial charge in [0, 0.05) is 11.3 Å². The van der Waals surface area contributed by atoms with Crippen LogP contribution in [0.5, 0.6) is 0 Å². The van der Waals surface area contributed by atoms with Gasteiger partial charge in [-0.3, -0.25) is 14.2 Å². The predicted octanol–water partition coefficient (Wildman–Crippen LogP) is 4.37. The molecule has 3 heterocycles. The van der Waals surface area contributed by atoms with E-state index in [1.54, 1.807) is 17.4 Å². The van der Waals surface area contributed by atoms with E-state index in [0.29, 0.717) is 15.9 Å². The lowest BCUT2D eigenvalue weighted by Crippen LogP contribution is -2.27. The molecule has 3 aromatic heterocycles. The number of hydrogen-bond acceptors (Lipinski definition) is 6. The van der Waals surface area contributed by atoms with Crippen molar-refractivity contribution in [3.63, 3.8) is 0 Å². The minimum atomic E-state index is -0.281. The Bertz CT molecular complexity index is 1370. The summed E-state index contributed by atoms with van der Waals surface area (Å²) in [6.45, 7) is -0.0861. The molecule has 0 radical (unpaired) electrons. The zero-order chi connectivity index (χ0) is 19.8. The minimum absolute atomic E-state index is 0.0861. The van der Waals surface area contributed by atoms with Crippen molar-refractivity contribution in [1.82, 2.24) is 14.5 Å². The highest BCUT2D eigenvalue weighted by atomic mass is 32.1. The van der Waals surface area contributed by atoms with Crippen molar-refractivity contribution in [2.45, 2.75) is 6.54 Å². The molecule has 1 N–H and O–H groups in total. The molecule has 0 atom stereocenters. The number of amides is 1. The topological polar surface area (TPSA) is 76.9 Å². The highest BCUT2D eigenvalue weighted by Gasteiger charge is 2.10. The molecule has 0 aliphatic rings. The number of aromatic nitrogens is 3. The number of para-hydroxylation sites is 1. The summed E-state index contributed by atoms with van der Waals surface area (Å²) in [6.07, 6.45) is 1.41. The van der Waals surface area contributed by atoms with E-state index in [1.807, 2.05) is 47.8 Å². The molecule has 142 valence electrons. The van der Waals surface area contributed by atoms with Crippen molar-refractivity contribution >= 4 is 54.7 Å². The Morgan fingerprint density at radius 3 is 2.72 bits per heavy atom. The smallest absolute Gasteiger partial charge is 0.262 e. The molecule has 0 bridgehead atoms. The second-order valence-corrected chi connectivity index (χ2v) is 8.35. The monoisotopic (exact) mass is 418 g/mol. The standard InChI is InChI=1S/C21H14N4O2S2/c26-18(11-25-12-22-20-15(21(25)27)9-10-28-20)23-14-7-5-13(6-8-14)19-24-16-3-1-2-4-17(16)29-19/h1-10,12H,11H2,(H,23,26). The van der Waals surface area contributed by atoms with Crippen LogP contribution in [0.15, 0.2) is 71.1 Å². The fourth-order valence-corrected chi connectivity index (χ4v) is 4.75. The summed E-state index contributed by atoms with van der Waals surface area (Å²) in [7, 11) is 0. The predicted molar refractivity (Wildman–Crippen MR) is 118 cm³/mol. The van der Waals surface area contributed by atoms with E-state index in [1.165, 1.54) is 22.2 Å². The van der Waals surface area contributed by atoms with Crippen LogP contribution in [-0.4, -0.2) is 20.4 Å². The molecule has 0 aliphatic heterocycles. The molecule has 5 aromatic rings. The summed E-state index contributed by atoms with van der Waals surface area (Å²) >= 11 is 3.04. The largest absolute Gasteiger partial charge is 0.325 e. The molecule has 0 aliphatic carbocycles. The number of thiazole rings is 1. The van der Waals surface area contributed by atoms with E-state index < -0.39 is 0 Å². The average Bonchev–Trinajstić information content (AvgIpc) is 3.38. The number of benzene rings is 2. The molecule has 29 heavy (non-hydrogen) atoms. The van der Waals surface area contributed by atoms with Gasteiger partial charge < -0.3 is 5.32 Å². The zero-order valence-corrected chi connectivity index (χ0v) is 16.7. The lowest BCUT2D eigenvalue weighted by Gasteiger charge is -2.07. The number of carbonyl (C=O) groups excluding carboxylic acids is 1. The highest BCUT2D eigenvalue weighted by molar-refractivity contribution is 7.21. The Labute approximate surface area is 173 Å². The van der Waals surface area contributed by atoms with Gasteiger partial charge in [-0.15, -0.1) is 22.7 Å². The van der Waals surface area contributed by atoms with Gasteiger partial charge in [0.25, 0.3) is 5.56 Å². The quantitative estimate of drug-likeness (QED) is 0.470. The number of anilines is 1. The number of nitrogens with one attached hydrogen (secondary N) is 1. The highest BCUT2D eigenvalue weighted by Crippen LogP contribution is 2.30. The number of rotatable bonds is 4. The third kappa shape index (κ3) is 3.43. The van der Waals surface area contributed by atoms with Crippen LogP contribution in [-0.2, 0) is 11.3 Å². The van der Waals surface area contributed by atoms with Crippen molar-refractivity contribution in [2.75, 3.05) is 5.32 Å².